The summed E-state index contributed by atoms with van der Waals surface area (Å²) in [6.45, 7) is 6.97. The van der Waals surface area contributed by atoms with Gasteiger partial charge in [0.05, 0.1) is 17.7 Å². The van der Waals surface area contributed by atoms with Crippen molar-refractivity contribution in [2.24, 2.45) is 5.92 Å². The van der Waals surface area contributed by atoms with E-state index in [-0.39, 0.29) is 12.1 Å². The zero-order valence-corrected chi connectivity index (χ0v) is 12.4. The molecular formula is C16H23N3O. The molecule has 0 aliphatic carbocycles. The van der Waals surface area contributed by atoms with Gasteiger partial charge in [0, 0.05) is 6.54 Å². The van der Waals surface area contributed by atoms with E-state index in [1.54, 1.807) is 12.1 Å². The van der Waals surface area contributed by atoms with Gasteiger partial charge in [-0.05, 0) is 43.4 Å². The number of hydrogen-bond acceptors (Lipinski definition) is 2. The van der Waals surface area contributed by atoms with Crippen LogP contribution in [0.2, 0.25) is 0 Å². The molecule has 0 bridgehead atoms. The van der Waals surface area contributed by atoms with Crippen molar-refractivity contribution in [1.82, 2.24) is 10.6 Å². The lowest BCUT2D eigenvalue weighted by Crippen LogP contribution is -2.37. The number of carbonyl (C=O) groups excluding carboxylic acids is 1. The Balaban J connectivity index is 2.35. The first-order valence-corrected chi connectivity index (χ1v) is 7.07. The number of urea groups is 1. The maximum Gasteiger partial charge on any atom is 0.315 e. The van der Waals surface area contributed by atoms with Crippen molar-refractivity contribution in [3.05, 3.63) is 35.4 Å². The van der Waals surface area contributed by atoms with Gasteiger partial charge >= 0.3 is 6.03 Å². The second-order valence-corrected chi connectivity index (χ2v) is 5.39. The third-order valence-electron chi connectivity index (χ3n) is 3.13. The number of nitrogens with zero attached hydrogens (tertiary/aromatic N) is 1. The zero-order chi connectivity index (χ0) is 15.0. The molecule has 2 N–H and O–H groups in total. The minimum absolute atomic E-state index is 0.0761. The molecule has 1 atom stereocenters. The van der Waals surface area contributed by atoms with E-state index in [2.05, 4.69) is 30.6 Å². The van der Waals surface area contributed by atoms with E-state index in [4.69, 9.17) is 5.26 Å². The first-order chi connectivity index (χ1) is 9.52. The van der Waals surface area contributed by atoms with Gasteiger partial charge in [-0.2, -0.15) is 5.26 Å². The van der Waals surface area contributed by atoms with Gasteiger partial charge in [0.2, 0.25) is 0 Å². The normalized spacial score (nSPS) is 11.8. The fourth-order valence-corrected chi connectivity index (χ4v) is 1.89. The molecular weight excluding hydrogens is 250 g/mol. The highest BCUT2D eigenvalue weighted by atomic mass is 16.2. The van der Waals surface area contributed by atoms with E-state index in [9.17, 15) is 4.79 Å². The second kappa shape index (κ2) is 8.21. The first-order valence-electron chi connectivity index (χ1n) is 7.07. The van der Waals surface area contributed by atoms with Crippen molar-refractivity contribution >= 4 is 6.03 Å². The lowest BCUT2D eigenvalue weighted by Gasteiger charge is -2.15. The predicted octanol–water partition coefficient (Wildman–Crippen LogP) is 3.35. The Bertz CT molecular complexity index is 460. The van der Waals surface area contributed by atoms with Crippen LogP contribution < -0.4 is 10.6 Å². The van der Waals surface area contributed by atoms with Gasteiger partial charge < -0.3 is 10.6 Å². The van der Waals surface area contributed by atoms with Crippen molar-refractivity contribution < 1.29 is 4.79 Å². The summed E-state index contributed by atoms with van der Waals surface area (Å²) in [6, 6.07) is 9.10. The smallest absolute Gasteiger partial charge is 0.315 e. The fraction of sp³-hybridized carbons (Fsp3) is 0.500. The number of carbonyl (C=O) groups is 1. The molecule has 0 aliphatic rings. The molecule has 4 nitrogen and oxygen atoms in total. The van der Waals surface area contributed by atoms with Crippen LogP contribution in [0.25, 0.3) is 0 Å². The molecule has 0 aromatic heterocycles. The molecule has 0 heterocycles. The van der Waals surface area contributed by atoms with Crippen LogP contribution in [0, 0.1) is 17.2 Å². The van der Waals surface area contributed by atoms with Crippen molar-refractivity contribution in [2.45, 2.75) is 39.7 Å². The third kappa shape index (κ3) is 5.75. The maximum atomic E-state index is 11.7. The molecule has 1 unspecified atom stereocenters. The van der Waals surface area contributed by atoms with Crippen molar-refractivity contribution in [1.29, 1.82) is 5.26 Å². The minimum atomic E-state index is -0.148. The van der Waals surface area contributed by atoms with Gasteiger partial charge in [-0.15, -0.1) is 0 Å². The highest BCUT2D eigenvalue weighted by Gasteiger charge is 2.08. The van der Waals surface area contributed by atoms with E-state index in [0.717, 1.165) is 18.4 Å². The number of amides is 2. The summed E-state index contributed by atoms with van der Waals surface area (Å²) in [5.41, 5.74) is 1.61. The molecule has 20 heavy (non-hydrogen) atoms. The number of hydrogen-bond donors (Lipinski definition) is 2. The quantitative estimate of drug-likeness (QED) is 0.781. The summed E-state index contributed by atoms with van der Waals surface area (Å²) in [4.78, 5) is 11.7. The van der Waals surface area contributed by atoms with Gasteiger partial charge in [0.15, 0.2) is 0 Å². The Morgan fingerprint density at radius 3 is 2.45 bits per heavy atom. The molecule has 1 rings (SSSR count). The predicted molar refractivity (Wildman–Crippen MR) is 80.2 cm³/mol. The van der Waals surface area contributed by atoms with E-state index in [1.165, 1.54) is 0 Å². The molecule has 0 radical (unpaired) electrons. The SMILES string of the molecule is CC(C)CCCNC(=O)NC(C)c1ccc(C#N)cc1. The van der Waals surface area contributed by atoms with Crippen LogP contribution in [0.1, 0.15) is 50.8 Å². The fourth-order valence-electron chi connectivity index (χ4n) is 1.89. The molecule has 0 aliphatic heterocycles. The monoisotopic (exact) mass is 273 g/mol. The van der Waals surface area contributed by atoms with E-state index < -0.39 is 0 Å². The average molecular weight is 273 g/mol. The van der Waals surface area contributed by atoms with E-state index in [0.29, 0.717) is 18.0 Å². The molecule has 0 saturated carbocycles. The lowest BCUT2D eigenvalue weighted by atomic mass is 10.1. The number of nitrogens with one attached hydrogen (secondary N) is 2. The van der Waals surface area contributed by atoms with Gasteiger partial charge in [0.1, 0.15) is 0 Å². The third-order valence-corrected chi connectivity index (χ3v) is 3.13. The Kier molecular flexibility index (Phi) is 6.58. The molecule has 4 heteroatoms. The van der Waals surface area contributed by atoms with Gasteiger partial charge in [-0.25, -0.2) is 4.79 Å². The topological polar surface area (TPSA) is 64.9 Å². The summed E-state index contributed by atoms with van der Waals surface area (Å²) in [6.07, 6.45) is 2.11. The highest BCUT2D eigenvalue weighted by molar-refractivity contribution is 5.74. The van der Waals surface area contributed by atoms with Crippen LogP contribution in [0.5, 0.6) is 0 Å². The number of benzene rings is 1. The van der Waals surface area contributed by atoms with Crippen molar-refractivity contribution in [2.75, 3.05) is 6.54 Å². The first kappa shape index (κ1) is 16.0. The number of nitriles is 1. The highest BCUT2D eigenvalue weighted by Crippen LogP contribution is 2.12. The molecule has 2 amide bonds. The minimum Gasteiger partial charge on any atom is -0.338 e. The Morgan fingerprint density at radius 2 is 1.90 bits per heavy atom. The van der Waals surface area contributed by atoms with Gasteiger partial charge in [-0.3, -0.25) is 0 Å². The molecule has 0 saturated heterocycles. The lowest BCUT2D eigenvalue weighted by molar-refractivity contribution is 0.237. The van der Waals surface area contributed by atoms with Crippen LogP contribution in [-0.2, 0) is 0 Å². The average Bonchev–Trinajstić information content (AvgIpc) is 2.43. The Labute approximate surface area is 121 Å². The standard InChI is InChI=1S/C16H23N3O/c1-12(2)5-4-10-18-16(20)19-13(3)15-8-6-14(11-17)7-9-15/h6-9,12-13H,4-5,10H2,1-3H3,(H2,18,19,20). The second-order valence-electron chi connectivity index (χ2n) is 5.39. The molecule has 0 spiro atoms. The molecule has 108 valence electrons. The Hall–Kier alpha value is -2.02. The summed E-state index contributed by atoms with van der Waals surface area (Å²) in [5, 5.41) is 14.5. The summed E-state index contributed by atoms with van der Waals surface area (Å²) >= 11 is 0. The van der Waals surface area contributed by atoms with Crippen LogP contribution in [0.15, 0.2) is 24.3 Å². The maximum absolute atomic E-state index is 11.7. The molecule has 1 aromatic carbocycles. The summed E-state index contributed by atoms with van der Waals surface area (Å²) < 4.78 is 0. The van der Waals surface area contributed by atoms with Crippen LogP contribution >= 0.6 is 0 Å². The molecule has 1 aromatic rings. The van der Waals surface area contributed by atoms with Gasteiger partial charge in [0.25, 0.3) is 0 Å². The van der Waals surface area contributed by atoms with Crippen molar-refractivity contribution in [3.63, 3.8) is 0 Å². The van der Waals surface area contributed by atoms with Crippen LogP contribution in [0.4, 0.5) is 4.79 Å². The molecule has 0 fully saturated rings. The van der Waals surface area contributed by atoms with Crippen molar-refractivity contribution in [3.8, 4) is 6.07 Å². The zero-order valence-electron chi connectivity index (χ0n) is 12.4. The van der Waals surface area contributed by atoms with Crippen LogP contribution in [0.3, 0.4) is 0 Å². The summed E-state index contributed by atoms with van der Waals surface area (Å²) in [7, 11) is 0. The van der Waals surface area contributed by atoms with Crippen LogP contribution in [-0.4, -0.2) is 12.6 Å². The van der Waals surface area contributed by atoms with Gasteiger partial charge in [-0.1, -0.05) is 26.0 Å². The Morgan fingerprint density at radius 1 is 1.25 bits per heavy atom. The summed E-state index contributed by atoms with van der Waals surface area (Å²) in [5.74, 6) is 0.664. The largest absolute Gasteiger partial charge is 0.338 e. The van der Waals surface area contributed by atoms with E-state index >= 15 is 0 Å². The van der Waals surface area contributed by atoms with E-state index in [1.807, 2.05) is 19.1 Å². The number of rotatable bonds is 6.